The zero-order chi connectivity index (χ0) is 14.8. The van der Waals surface area contributed by atoms with Gasteiger partial charge in [-0.05, 0) is 12.8 Å². The van der Waals surface area contributed by atoms with E-state index in [4.69, 9.17) is 5.11 Å². The Morgan fingerprint density at radius 2 is 1.95 bits per heavy atom. The van der Waals surface area contributed by atoms with E-state index >= 15 is 0 Å². The van der Waals surface area contributed by atoms with Crippen molar-refractivity contribution in [2.24, 2.45) is 0 Å². The first-order valence-electron chi connectivity index (χ1n) is 6.47. The van der Waals surface area contributed by atoms with Gasteiger partial charge in [-0.25, -0.2) is 9.59 Å². The summed E-state index contributed by atoms with van der Waals surface area (Å²) in [4.78, 5) is 22.4. The van der Waals surface area contributed by atoms with Gasteiger partial charge in [0.2, 0.25) is 0 Å². The van der Waals surface area contributed by atoms with E-state index in [0.717, 1.165) is 12.8 Å². The van der Waals surface area contributed by atoms with Crippen LogP contribution in [0.25, 0.3) is 0 Å². The average Bonchev–Trinajstić information content (AvgIpc) is 2.33. The third-order valence-electron chi connectivity index (χ3n) is 2.85. The van der Waals surface area contributed by atoms with Crippen LogP contribution >= 0.6 is 0 Å². The van der Waals surface area contributed by atoms with Crippen LogP contribution in [-0.4, -0.2) is 45.4 Å². The lowest BCUT2D eigenvalue weighted by molar-refractivity contribution is -0.139. The summed E-state index contributed by atoms with van der Waals surface area (Å²) in [7, 11) is -0.913. The maximum atomic E-state index is 11.5. The van der Waals surface area contributed by atoms with Crippen molar-refractivity contribution >= 4 is 22.8 Å². The van der Waals surface area contributed by atoms with Gasteiger partial charge in [0.25, 0.3) is 0 Å². The number of carboxylic acids is 1. The second-order valence-corrected chi connectivity index (χ2v) is 6.33. The Labute approximate surface area is 116 Å². The lowest BCUT2D eigenvalue weighted by Crippen LogP contribution is -2.46. The van der Waals surface area contributed by atoms with Crippen LogP contribution in [-0.2, 0) is 15.6 Å². The predicted molar refractivity (Wildman–Crippen MR) is 75.6 cm³/mol. The summed E-state index contributed by atoms with van der Waals surface area (Å²) in [6, 6.07) is -1.34. The molecule has 3 atom stereocenters. The minimum absolute atomic E-state index is 0.00987. The summed E-state index contributed by atoms with van der Waals surface area (Å²) in [5.74, 6) is -1.02. The molecule has 0 radical (unpaired) electrons. The number of carbonyl (C=O) groups is 2. The topological polar surface area (TPSA) is 95.5 Å². The molecule has 0 rings (SSSR count). The molecule has 7 heteroatoms. The fourth-order valence-corrected chi connectivity index (χ4v) is 1.88. The van der Waals surface area contributed by atoms with Crippen molar-refractivity contribution < 1.29 is 18.9 Å². The van der Waals surface area contributed by atoms with Gasteiger partial charge in [-0.3, -0.25) is 4.21 Å². The molecular weight excluding hydrogens is 268 g/mol. The molecule has 0 heterocycles. The second kappa shape index (κ2) is 9.77. The van der Waals surface area contributed by atoms with Gasteiger partial charge in [0.15, 0.2) is 0 Å². The summed E-state index contributed by atoms with van der Waals surface area (Å²) >= 11 is 0. The molecule has 6 nitrogen and oxygen atoms in total. The van der Waals surface area contributed by atoms with Crippen LogP contribution in [0.3, 0.4) is 0 Å². The van der Waals surface area contributed by atoms with E-state index in [-0.39, 0.29) is 5.25 Å². The monoisotopic (exact) mass is 292 g/mol. The molecule has 0 spiro atoms. The number of hydrogen-bond acceptors (Lipinski definition) is 3. The summed E-state index contributed by atoms with van der Waals surface area (Å²) in [6.45, 7) is 4.19. The molecule has 0 aromatic rings. The fourth-order valence-electron chi connectivity index (χ4n) is 1.43. The molecule has 3 unspecified atom stereocenters. The SMILES string of the molecule is CCCCC(NC(=O)NCCC(C)S(C)=O)C(=O)O. The summed E-state index contributed by atoms with van der Waals surface area (Å²) in [6.07, 6.45) is 4.28. The van der Waals surface area contributed by atoms with Crippen LogP contribution in [0.4, 0.5) is 4.79 Å². The van der Waals surface area contributed by atoms with Gasteiger partial charge in [-0.1, -0.05) is 26.7 Å². The summed E-state index contributed by atoms with van der Waals surface area (Å²) < 4.78 is 11.1. The molecule has 0 aromatic heterocycles. The average molecular weight is 292 g/mol. The zero-order valence-corrected chi connectivity index (χ0v) is 12.6. The number of amides is 2. The van der Waals surface area contributed by atoms with Crippen LogP contribution in [0, 0.1) is 0 Å². The minimum atomic E-state index is -1.02. The molecule has 3 N–H and O–H groups in total. The highest BCUT2D eigenvalue weighted by Crippen LogP contribution is 2.01. The number of hydrogen-bond donors (Lipinski definition) is 3. The third-order valence-corrected chi connectivity index (χ3v) is 4.22. The number of unbranched alkanes of at least 4 members (excludes halogenated alkanes) is 1. The van der Waals surface area contributed by atoms with Crippen LogP contribution < -0.4 is 10.6 Å². The Morgan fingerprint density at radius 1 is 1.32 bits per heavy atom. The Kier molecular flexibility index (Phi) is 9.20. The van der Waals surface area contributed by atoms with Crippen LogP contribution in [0.15, 0.2) is 0 Å². The van der Waals surface area contributed by atoms with Crippen molar-refractivity contribution in [1.29, 1.82) is 0 Å². The van der Waals surface area contributed by atoms with E-state index in [1.165, 1.54) is 0 Å². The van der Waals surface area contributed by atoms with Crippen molar-refractivity contribution in [3.05, 3.63) is 0 Å². The number of nitrogens with one attached hydrogen (secondary N) is 2. The number of rotatable bonds is 9. The first-order valence-corrected chi connectivity index (χ1v) is 8.10. The first kappa shape index (κ1) is 17.9. The highest BCUT2D eigenvalue weighted by molar-refractivity contribution is 7.84. The van der Waals surface area contributed by atoms with Crippen molar-refractivity contribution in [3.8, 4) is 0 Å². The van der Waals surface area contributed by atoms with E-state index in [1.807, 2.05) is 13.8 Å². The van der Waals surface area contributed by atoms with Crippen molar-refractivity contribution in [2.45, 2.75) is 50.8 Å². The van der Waals surface area contributed by atoms with Gasteiger partial charge in [0.05, 0.1) is 0 Å². The van der Waals surface area contributed by atoms with Gasteiger partial charge >= 0.3 is 12.0 Å². The Morgan fingerprint density at radius 3 is 2.42 bits per heavy atom. The quantitative estimate of drug-likeness (QED) is 0.592. The molecule has 19 heavy (non-hydrogen) atoms. The normalized spacial score (nSPS) is 15.3. The molecule has 0 aliphatic carbocycles. The van der Waals surface area contributed by atoms with E-state index in [2.05, 4.69) is 10.6 Å². The fraction of sp³-hybridized carbons (Fsp3) is 0.833. The van der Waals surface area contributed by atoms with E-state index < -0.39 is 28.8 Å². The molecule has 0 aliphatic heterocycles. The van der Waals surface area contributed by atoms with E-state index in [1.54, 1.807) is 6.26 Å². The third kappa shape index (κ3) is 8.58. The lowest BCUT2D eigenvalue weighted by Gasteiger charge is -2.15. The second-order valence-electron chi connectivity index (χ2n) is 4.53. The molecule has 0 aromatic carbocycles. The smallest absolute Gasteiger partial charge is 0.326 e. The number of carbonyl (C=O) groups excluding carboxylic acids is 1. The van der Waals surface area contributed by atoms with Crippen LogP contribution in [0.5, 0.6) is 0 Å². The van der Waals surface area contributed by atoms with Crippen molar-refractivity contribution in [2.75, 3.05) is 12.8 Å². The van der Waals surface area contributed by atoms with Gasteiger partial charge in [-0.2, -0.15) is 0 Å². The standard InChI is InChI=1S/C12H24N2O4S/c1-4-5-6-10(11(15)16)14-12(17)13-8-7-9(2)19(3)18/h9-10H,4-8H2,1-3H3,(H,15,16)(H2,13,14,17). The highest BCUT2D eigenvalue weighted by Gasteiger charge is 2.18. The van der Waals surface area contributed by atoms with Crippen molar-refractivity contribution in [3.63, 3.8) is 0 Å². The van der Waals surface area contributed by atoms with Crippen molar-refractivity contribution in [1.82, 2.24) is 10.6 Å². The highest BCUT2D eigenvalue weighted by atomic mass is 32.2. The number of urea groups is 1. The molecule has 0 saturated heterocycles. The Balaban J connectivity index is 3.99. The molecular formula is C12H24N2O4S. The molecule has 2 amide bonds. The van der Waals surface area contributed by atoms with Crippen LogP contribution in [0.1, 0.15) is 39.5 Å². The Bertz CT molecular complexity index is 323. The summed E-state index contributed by atoms with van der Waals surface area (Å²) in [5, 5.41) is 14.0. The first-order chi connectivity index (χ1) is 8.88. The predicted octanol–water partition coefficient (Wildman–Crippen LogP) is 1.09. The largest absolute Gasteiger partial charge is 0.480 e. The minimum Gasteiger partial charge on any atom is -0.480 e. The molecule has 0 aliphatic rings. The molecule has 0 saturated carbocycles. The van der Waals surface area contributed by atoms with Gasteiger partial charge < -0.3 is 15.7 Å². The van der Waals surface area contributed by atoms with E-state index in [0.29, 0.717) is 19.4 Å². The molecule has 0 fully saturated rings. The van der Waals surface area contributed by atoms with Gasteiger partial charge in [0, 0.05) is 28.9 Å². The van der Waals surface area contributed by atoms with E-state index in [9.17, 15) is 13.8 Å². The lowest BCUT2D eigenvalue weighted by atomic mass is 10.1. The maximum absolute atomic E-state index is 11.5. The van der Waals surface area contributed by atoms with Crippen LogP contribution in [0.2, 0.25) is 0 Å². The summed E-state index contributed by atoms with van der Waals surface area (Å²) in [5.41, 5.74) is 0. The number of aliphatic carboxylic acids is 1. The number of carboxylic acid groups (broad SMARTS) is 1. The molecule has 0 bridgehead atoms. The van der Waals surface area contributed by atoms with Gasteiger partial charge in [0.1, 0.15) is 6.04 Å². The molecule has 112 valence electrons. The maximum Gasteiger partial charge on any atom is 0.326 e. The van der Waals surface area contributed by atoms with Gasteiger partial charge in [-0.15, -0.1) is 0 Å². The zero-order valence-electron chi connectivity index (χ0n) is 11.8. The Hall–Kier alpha value is -1.11.